The normalized spacial score (nSPS) is 10.3. The fraction of sp³-hybridized carbons (Fsp3) is 0.188. The van der Waals surface area contributed by atoms with E-state index in [9.17, 15) is 0 Å². The fourth-order valence-electron chi connectivity index (χ4n) is 2.10. The van der Waals surface area contributed by atoms with Crippen molar-refractivity contribution in [3.63, 3.8) is 0 Å². The van der Waals surface area contributed by atoms with E-state index in [1.54, 1.807) is 0 Å². The molecule has 0 aliphatic heterocycles. The number of rotatable bonds is 4. The predicted octanol–water partition coefficient (Wildman–Crippen LogP) is 4.55. The van der Waals surface area contributed by atoms with Crippen LogP contribution >= 0.6 is 28.1 Å². The second-order valence-electron chi connectivity index (χ2n) is 4.61. The van der Waals surface area contributed by atoms with Gasteiger partial charge in [-0.3, -0.25) is 0 Å². The number of hydrogen-bond donors (Lipinski definition) is 1. The summed E-state index contributed by atoms with van der Waals surface area (Å²) in [6.07, 6.45) is 0. The van der Waals surface area contributed by atoms with Gasteiger partial charge in [0.25, 0.3) is 0 Å². The van der Waals surface area contributed by atoms with Gasteiger partial charge in [0.15, 0.2) is 0 Å². The van der Waals surface area contributed by atoms with Gasteiger partial charge < -0.3 is 10.6 Å². The summed E-state index contributed by atoms with van der Waals surface area (Å²) in [5.74, 6) is 0. The van der Waals surface area contributed by atoms with E-state index in [0.717, 1.165) is 22.3 Å². The van der Waals surface area contributed by atoms with E-state index < -0.39 is 0 Å². The smallest absolute Gasteiger partial charge is 0.104 e. The van der Waals surface area contributed by atoms with Crippen molar-refractivity contribution in [1.82, 2.24) is 0 Å². The number of aryl methyl sites for hydroxylation is 1. The lowest BCUT2D eigenvalue weighted by Gasteiger charge is -2.25. The van der Waals surface area contributed by atoms with Gasteiger partial charge >= 0.3 is 0 Å². The number of anilines is 2. The predicted molar refractivity (Wildman–Crippen MR) is 93.9 cm³/mol. The van der Waals surface area contributed by atoms with Crippen LogP contribution in [0.1, 0.15) is 18.1 Å². The molecule has 0 saturated carbocycles. The van der Waals surface area contributed by atoms with Crippen molar-refractivity contribution < 1.29 is 0 Å². The third kappa shape index (κ3) is 3.19. The average molecular weight is 349 g/mol. The summed E-state index contributed by atoms with van der Waals surface area (Å²) in [6.45, 7) is 5.11. The molecule has 0 amide bonds. The molecule has 20 heavy (non-hydrogen) atoms. The SMILES string of the molecule is CCN(c1ccc(C)cc1)c1ccc(C(N)=S)cc1Br. The summed E-state index contributed by atoms with van der Waals surface area (Å²) in [5.41, 5.74) is 10.1. The van der Waals surface area contributed by atoms with Crippen molar-refractivity contribution >= 4 is 44.5 Å². The molecule has 2 N–H and O–H groups in total. The van der Waals surface area contributed by atoms with Crippen LogP contribution in [-0.2, 0) is 0 Å². The summed E-state index contributed by atoms with van der Waals surface area (Å²) in [5, 5.41) is 0. The second-order valence-corrected chi connectivity index (χ2v) is 5.90. The highest BCUT2D eigenvalue weighted by atomic mass is 79.9. The molecular formula is C16H17BrN2S. The lowest BCUT2D eigenvalue weighted by atomic mass is 10.1. The van der Waals surface area contributed by atoms with Gasteiger partial charge in [0.05, 0.1) is 5.69 Å². The second kappa shape index (κ2) is 6.37. The van der Waals surface area contributed by atoms with Gasteiger partial charge in [-0.25, -0.2) is 0 Å². The molecule has 2 aromatic carbocycles. The van der Waals surface area contributed by atoms with Gasteiger partial charge in [0.2, 0.25) is 0 Å². The Bertz CT molecular complexity index is 623. The molecule has 0 spiro atoms. The molecule has 0 radical (unpaired) electrons. The van der Waals surface area contributed by atoms with Crippen molar-refractivity contribution in [2.24, 2.45) is 5.73 Å². The number of halogens is 1. The van der Waals surface area contributed by atoms with Crippen LogP contribution < -0.4 is 10.6 Å². The summed E-state index contributed by atoms with van der Waals surface area (Å²) in [4.78, 5) is 2.66. The van der Waals surface area contributed by atoms with Crippen molar-refractivity contribution in [2.75, 3.05) is 11.4 Å². The van der Waals surface area contributed by atoms with Gasteiger partial charge in [0.1, 0.15) is 4.99 Å². The minimum atomic E-state index is 0.413. The van der Waals surface area contributed by atoms with Crippen LogP contribution in [0.4, 0.5) is 11.4 Å². The Morgan fingerprint density at radius 1 is 1.20 bits per heavy atom. The summed E-state index contributed by atoms with van der Waals surface area (Å²) in [7, 11) is 0. The number of nitrogens with zero attached hydrogens (tertiary/aromatic N) is 1. The number of hydrogen-bond acceptors (Lipinski definition) is 2. The van der Waals surface area contributed by atoms with Crippen LogP contribution in [0.15, 0.2) is 46.9 Å². The first-order valence-corrected chi connectivity index (χ1v) is 7.66. The maximum Gasteiger partial charge on any atom is 0.104 e. The van der Waals surface area contributed by atoms with Crippen LogP contribution in [0.25, 0.3) is 0 Å². The Hall–Kier alpha value is -1.39. The fourth-order valence-corrected chi connectivity index (χ4v) is 2.82. The molecule has 0 aliphatic rings. The topological polar surface area (TPSA) is 29.3 Å². The van der Waals surface area contributed by atoms with Crippen molar-refractivity contribution in [3.05, 3.63) is 58.1 Å². The molecule has 2 aromatic rings. The summed E-state index contributed by atoms with van der Waals surface area (Å²) in [6, 6.07) is 14.5. The Kier molecular flexibility index (Phi) is 4.78. The van der Waals surface area contributed by atoms with Crippen molar-refractivity contribution in [1.29, 1.82) is 0 Å². The van der Waals surface area contributed by atoms with Gasteiger partial charge in [-0.15, -0.1) is 0 Å². The first kappa shape index (κ1) is 15.0. The number of nitrogens with two attached hydrogens (primary N) is 1. The highest BCUT2D eigenvalue weighted by molar-refractivity contribution is 9.10. The first-order chi connectivity index (χ1) is 9.52. The number of benzene rings is 2. The molecule has 0 heterocycles. The molecule has 0 unspecified atom stereocenters. The third-order valence-corrected chi connectivity index (χ3v) is 4.06. The molecule has 0 aliphatic carbocycles. The maximum atomic E-state index is 5.67. The molecule has 2 rings (SSSR count). The van der Waals surface area contributed by atoms with Crippen LogP contribution in [0, 0.1) is 6.92 Å². The molecule has 0 fully saturated rings. The van der Waals surface area contributed by atoms with Gasteiger partial charge in [-0.2, -0.15) is 0 Å². The number of thiocarbonyl (C=S) groups is 1. The standard InChI is InChI=1S/C16H17BrN2S/c1-3-19(13-7-4-11(2)5-8-13)15-9-6-12(16(18)20)10-14(15)17/h4-10H,3H2,1-2H3,(H2,18,20). The van der Waals surface area contributed by atoms with Gasteiger partial charge in [-0.1, -0.05) is 29.9 Å². The highest BCUT2D eigenvalue weighted by Crippen LogP contribution is 2.32. The molecular weight excluding hydrogens is 332 g/mol. The van der Waals surface area contributed by atoms with Crippen LogP contribution in [0.3, 0.4) is 0 Å². The Labute approximate surface area is 133 Å². The molecule has 0 atom stereocenters. The van der Waals surface area contributed by atoms with Crippen molar-refractivity contribution in [3.8, 4) is 0 Å². The minimum absolute atomic E-state index is 0.413. The molecule has 104 valence electrons. The van der Waals surface area contributed by atoms with Crippen LogP contribution in [-0.4, -0.2) is 11.5 Å². The molecule has 0 aromatic heterocycles. The Balaban J connectivity index is 2.41. The maximum absolute atomic E-state index is 5.67. The van der Waals surface area contributed by atoms with Crippen LogP contribution in [0.5, 0.6) is 0 Å². The molecule has 0 saturated heterocycles. The van der Waals surface area contributed by atoms with E-state index in [2.05, 4.69) is 58.9 Å². The van der Waals surface area contributed by atoms with E-state index in [1.165, 1.54) is 11.3 Å². The minimum Gasteiger partial charge on any atom is -0.389 e. The monoisotopic (exact) mass is 348 g/mol. The van der Waals surface area contributed by atoms with E-state index in [0.29, 0.717) is 4.99 Å². The highest BCUT2D eigenvalue weighted by Gasteiger charge is 2.11. The first-order valence-electron chi connectivity index (χ1n) is 6.46. The largest absolute Gasteiger partial charge is 0.389 e. The molecule has 0 bridgehead atoms. The summed E-state index contributed by atoms with van der Waals surface area (Å²) < 4.78 is 0.991. The summed E-state index contributed by atoms with van der Waals surface area (Å²) >= 11 is 8.62. The quantitative estimate of drug-likeness (QED) is 0.821. The zero-order chi connectivity index (χ0) is 14.7. The Morgan fingerprint density at radius 2 is 1.85 bits per heavy atom. The Morgan fingerprint density at radius 3 is 2.35 bits per heavy atom. The lowest BCUT2D eigenvalue weighted by molar-refractivity contribution is 1.02. The lowest BCUT2D eigenvalue weighted by Crippen LogP contribution is -2.17. The average Bonchev–Trinajstić information content (AvgIpc) is 2.43. The van der Waals surface area contributed by atoms with E-state index >= 15 is 0 Å². The third-order valence-electron chi connectivity index (χ3n) is 3.18. The zero-order valence-electron chi connectivity index (χ0n) is 11.6. The van der Waals surface area contributed by atoms with Gasteiger partial charge in [-0.05, 0) is 60.1 Å². The van der Waals surface area contributed by atoms with E-state index in [-0.39, 0.29) is 0 Å². The van der Waals surface area contributed by atoms with E-state index in [4.69, 9.17) is 18.0 Å². The zero-order valence-corrected chi connectivity index (χ0v) is 14.0. The molecule has 4 heteroatoms. The van der Waals surface area contributed by atoms with Crippen molar-refractivity contribution in [2.45, 2.75) is 13.8 Å². The van der Waals surface area contributed by atoms with Gasteiger partial charge in [0, 0.05) is 22.3 Å². The van der Waals surface area contributed by atoms with Crippen LogP contribution in [0.2, 0.25) is 0 Å². The molecule has 2 nitrogen and oxygen atoms in total. The van der Waals surface area contributed by atoms with E-state index in [1.807, 2.05) is 18.2 Å².